The summed E-state index contributed by atoms with van der Waals surface area (Å²) in [6.45, 7) is 6.96. The quantitative estimate of drug-likeness (QED) is 0.715. The van der Waals surface area contributed by atoms with Crippen LogP contribution < -0.4 is 5.32 Å². The lowest BCUT2D eigenvalue weighted by Gasteiger charge is -2.42. The number of carboxylic acid groups (broad SMARTS) is 1. The maximum absolute atomic E-state index is 11.2. The molecule has 14 heavy (non-hydrogen) atoms. The first-order valence-electron chi connectivity index (χ1n) is 5.04. The molecule has 0 bridgehead atoms. The number of ether oxygens (including phenoxy) is 1. The highest BCUT2D eigenvalue weighted by Crippen LogP contribution is 2.32. The van der Waals surface area contributed by atoms with Gasteiger partial charge < -0.3 is 15.2 Å². The maximum atomic E-state index is 11.2. The Labute approximate surface area is 84.6 Å². The molecule has 0 saturated carbocycles. The van der Waals surface area contributed by atoms with Gasteiger partial charge >= 0.3 is 5.97 Å². The summed E-state index contributed by atoms with van der Waals surface area (Å²) in [6.07, 6.45) is 1.06. The van der Waals surface area contributed by atoms with E-state index in [2.05, 4.69) is 5.32 Å². The summed E-state index contributed by atoms with van der Waals surface area (Å²) >= 11 is 0. The van der Waals surface area contributed by atoms with E-state index in [1.807, 2.05) is 20.8 Å². The first-order chi connectivity index (χ1) is 6.42. The zero-order valence-electron chi connectivity index (χ0n) is 9.09. The van der Waals surface area contributed by atoms with Crippen LogP contribution in [-0.2, 0) is 9.53 Å². The number of hydrogen-bond donors (Lipinski definition) is 2. The molecule has 1 aliphatic rings. The Morgan fingerprint density at radius 1 is 1.57 bits per heavy atom. The topological polar surface area (TPSA) is 58.6 Å². The van der Waals surface area contributed by atoms with Crippen LogP contribution in [0.4, 0.5) is 0 Å². The predicted molar refractivity (Wildman–Crippen MR) is 53.3 cm³/mol. The molecule has 0 aromatic rings. The van der Waals surface area contributed by atoms with Crippen LogP contribution >= 0.6 is 0 Å². The molecule has 1 saturated heterocycles. The van der Waals surface area contributed by atoms with Gasteiger partial charge in [-0.25, -0.2) is 0 Å². The third-order valence-electron chi connectivity index (χ3n) is 2.67. The van der Waals surface area contributed by atoms with Crippen LogP contribution in [0.25, 0.3) is 0 Å². The first kappa shape index (κ1) is 11.5. The fourth-order valence-corrected chi connectivity index (χ4v) is 2.12. The van der Waals surface area contributed by atoms with Gasteiger partial charge in [0.05, 0.1) is 5.60 Å². The lowest BCUT2D eigenvalue weighted by Crippen LogP contribution is -2.59. The molecule has 4 heteroatoms. The second-order valence-electron chi connectivity index (χ2n) is 4.45. The zero-order valence-corrected chi connectivity index (χ0v) is 9.09. The van der Waals surface area contributed by atoms with Crippen molar-refractivity contribution >= 4 is 5.97 Å². The van der Waals surface area contributed by atoms with Crippen molar-refractivity contribution in [1.29, 1.82) is 0 Å². The molecule has 0 amide bonds. The summed E-state index contributed by atoms with van der Waals surface area (Å²) in [6, 6.07) is 0. The van der Waals surface area contributed by atoms with Crippen molar-refractivity contribution in [2.75, 3.05) is 13.2 Å². The number of likely N-dealkylation sites (N-methyl/N-ethyl adjacent to an activating group) is 1. The van der Waals surface area contributed by atoms with Crippen LogP contribution in [-0.4, -0.2) is 35.4 Å². The summed E-state index contributed by atoms with van der Waals surface area (Å²) in [7, 11) is 0. The van der Waals surface area contributed by atoms with E-state index in [0.29, 0.717) is 26.0 Å². The molecule has 1 rings (SSSR count). The molecule has 1 fully saturated rings. The molecule has 4 nitrogen and oxygen atoms in total. The highest BCUT2D eigenvalue weighted by atomic mass is 16.5. The van der Waals surface area contributed by atoms with Gasteiger partial charge in [0.2, 0.25) is 0 Å². The molecule has 0 aromatic heterocycles. The van der Waals surface area contributed by atoms with Crippen molar-refractivity contribution in [3.8, 4) is 0 Å². The largest absolute Gasteiger partial charge is 0.480 e. The minimum atomic E-state index is -0.795. The molecule has 0 spiro atoms. The monoisotopic (exact) mass is 201 g/mol. The molecule has 0 aliphatic carbocycles. The summed E-state index contributed by atoms with van der Waals surface area (Å²) in [5.74, 6) is -0.768. The van der Waals surface area contributed by atoms with Crippen molar-refractivity contribution in [2.45, 2.75) is 44.8 Å². The Bertz CT molecular complexity index is 223. The van der Waals surface area contributed by atoms with Crippen LogP contribution in [0.15, 0.2) is 0 Å². The predicted octanol–water partition coefficient (Wildman–Crippen LogP) is 1.01. The van der Waals surface area contributed by atoms with Gasteiger partial charge in [-0.15, -0.1) is 0 Å². The van der Waals surface area contributed by atoms with E-state index in [1.165, 1.54) is 0 Å². The molecule has 0 aromatic carbocycles. The molecular weight excluding hydrogens is 182 g/mol. The highest BCUT2D eigenvalue weighted by Gasteiger charge is 2.45. The van der Waals surface area contributed by atoms with Crippen LogP contribution in [0, 0.1) is 0 Å². The maximum Gasteiger partial charge on any atom is 0.324 e. The van der Waals surface area contributed by atoms with Crippen LogP contribution in [0.1, 0.15) is 33.6 Å². The van der Waals surface area contributed by atoms with Crippen LogP contribution in [0.2, 0.25) is 0 Å². The van der Waals surface area contributed by atoms with Gasteiger partial charge in [0.15, 0.2) is 0 Å². The van der Waals surface area contributed by atoms with E-state index in [0.717, 1.165) is 0 Å². The average Bonchev–Trinajstić information content (AvgIpc) is 2.02. The van der Waals surface area contributed by atoms with E-state index in [9.17, 15) is 9.90 Å². The molecule has 1 unspecified atom stereocenters. The highest BCUT2D eigenvalue weighted by molar-refractivity contribution is 5.79. The minimum Gasteiger partial charge on any atom is -0.480 e. The SMILES string of the molecule is CCNC1(C(=O)O)CCOC(C)(C)C1. The number of carboxylic acids is 1. The smallest absolute Gasteiger partial charge is 0.324 e. The normalized spacial score (nSPS) is 31.4. The Morgan fingerprint density at radius 3 is 2.64 bits per heavy atom. The summed E-state index contributed by atoms with van der Waals surface area (Å²) in [5.41, 5.74) is -1.14. The molecular formula is C10H19NO3. The second kappa shape index (κ2) is 3.87. The molecule has 1 atom stereocenters. The first-order valence-corrected chi connectivity index (χ1v) is 5.04. The van der Waals surface area contributed by atoms with E-state index >= 15 is 0 Å². The van der Waals surface area contributed by atoms with Gasteiger partial charge in [0, 0.05) is 13.0 Å². The van der Waals surface area contributed by atoms with E-state index in [-0.39, 0.29) is 5.60 Å². The van der Waals surface area contributed by atoms with Crippen LogP contribution in [0.5, 0.6) is 0 Å². The molecule has 0 radical (unpaired) electrons. The number of aliphatic carboxylic acids is 1. The Balaban J connectivity index is 2.82. The molecule has 1 heterocycles. The summed E-state index contributed by atoms with van der Waals surface area (Å²) in [5, 5.41) is 12.3. The van der Waals surface area contributed by atoms with Crippen molar-refractivity contribution in [3.63, 3.8) is 0 Å². The Hall–Kier alpha value is -0.610. The van der Waals surface area contributed by atoms with Crippen molar-refractivity contribution in [3.05, 3.63) is 0 Å². The molecule has 2 N–H and O–H groups in total. The van der Waals surface area contributed by atoms with Crippen LogP contribution in [0.3, 0.4) is 0 Å². The fourth-order valence-electron chi connectivity index (χ4n) is 2.12. The molecule has 1 aliphatic heterocycles. The van der Waals surface area contributed by atoms with Gasteiger partial charge in [0.25, 0.3) is 0 Å². The minimum absolute atomic E-state index is 0.348. The third kappa shape index (κ3) is 2.25. The zero-order chi connectivity index (χ0) is 10.8. The van der Waals surface area contributed by atoms with Crippen molar-refractivity contribution in [2.24, 2.45) is 0 Å². The number of nitrogens with one attached hydrogen (secondary N) is 1. The van der Waals surface area contributed by atoms with Gasteiger partial charge in [-0.05, 0) is 26.8 Å². The summed E-state index contributed by atoms with van der Waals surface area (Å²) in [4.78, 5) is 11.2. The van der Waals surface area contributed by atoms with Gasteiger partial charge in [0.1, 0.15) is 5.54 Å². The number of carbonyl (C=O) groups is 1. The second-order valence-corrected chi connectivity index (χ2v) is 4.45. The van der Waals surface area contributed by atoms with Crippen molar-refractivity contribution in [1.82, 2.24) is 5.32 Å². The molecule has 82 valence electrons. The third-order valence-corrected chi connectivity index (χ3v) is 2.67. The summed E-state index contributed by atoms with van der Waals surface area (Å²) < 4.78 is 5.51. The number of rotatable bonds is 3. The Kier molecular flexibility index (Phi) is 3.17. The lowest BCUT2D eigenvalue weighted by atomic mass is 9.81. The number of hydrogen-bond acceptors (Lipinski definition) is 3. The van der Waals surface area contributed by atoms with E-state index in [4.69, 9.17) is 4.74 Å². The van der Waals surface area contributed by atoms with Crippen molar-refractivity contribution < 1.29 is 14.6 Å². The average molecular weight is 201 g/mol. The van der Waals surface area contributed by atoms with E-state index < -0.39 is 11.5 Å². The van der Waals surface area contributed by atoms with Gasteiger partial charge in [-0.2, -0.15) is 0 Å². The van der Waals surface area contributed by atoms with E-state index in [1.54, 1.807) is 0 Å². The Morgan fingerprint density at radius 2 is 2.21 bits per heavy atom. The standard InChI is InChI=1S/C10H19NO3/c1-4-11-10(8(12)13)5-6-14-9(2,3)7-10/h11H,4-7H2,1-3H3,(H,12,13). The van der Waals surface area contributed by atoms with Gasteiger partial charge in [-0.3, -0.25) is 4.79 Å². The van der Waals surface area contributed by atoms with Gasteiger partial charge in [-0.1, -0.05) is 6.92 Å². The fraction of sp³-hybridized carbons (Fsp3) is 0.900. The lowest BCUT2D eigenvalue weighted by molar-refractivity contribution is -0.158.